The second-order valence-electron chi connectivity index (χ2n) is 13.3. The van der Waals surface area contributed by atoms with Crippen LogP contribution in [0.15, 0.2) is 0 Å². The van der Waals surface area contributed by atoms with Gasteiger partial charge in [-0.15, -0.1) is 0 Å². The van der Waals surface area contributed by atoms with Crippen molar-refractivity contribution in [2.24, 2.45) is 11.7 Å². The Balaban J connectivity index is 5.46. The van der Waals surface area contributed by atoms with E-state index in [1.165, 1.54) is 55.4 Å². The van der Waals surface area contributed by atoms with E-state index in [0.717, 1.165) is 0 Å². The third-order valence-corrected chi connectivity index (χ3v) is 6.00. The average molecular weight is 528 g/mol. The zero-order valence-corrected chi connectivity index (χ0v) is 25.1. The van der Waals surface area contributed by atoms with Gasteiger partial charge < -0.3 is 31.7 Å². The molecule has 0 aliphatic heterocycles. The summed E-state index contributed by atoms with van der Waals surface area (Å²) in [7, 11) is 0. The third kappa shape index (κ3) is 9.60. The molecule has 11 heteroatoms. The molecule has 4 amide bonds. The van der Waals surface area contributed by atoms with Crippen LogP contribution in [0.3, 0.4) is 0 Å². The van der Waals surface area contributed by atoms with Crippen LogP contribution in [0.5, 0.6) is 0 Å². The quantitative estimate of drug-likeness (QED) is 0.267. The molecule has 0 bridgehead atoms. The van der Waals surface area contributed by atoms with E-state index < -0.39 is 62.9 Å². The molecule has 0 saturated heterocycles. The Kier molecular flexibility index (Phi) is 10.2. The summed E-state index contributed by atoms with van der Waals surface area (Å²) in [5.41, 5.74) is -1.47. The highest BCUT2D eigenvalue weighted by atomic mass is 16.6. The summed E-state index contributed by atoms with van der Waals surface area (Å²) in [5, 5.41) is 10.5. The normalized spacial score (nSPS) is 14.8. The lowest BCUT2D eigenvalue weighted by molar-refractivity contribution is -0.163. The molecule has 214 valence electrons. The van der Waals surface area contributed by atoms with Crippen molar-refractivity contribution in [2.75, 3.05) is 0 Å². The molecular weight excluding hydrogens is 478 g/mol. The minimum absolute atomic E-state index is 0.178. The Morgan fingerprint density at radius 3 is 1.08 bits per heavy atom. The Morgan fingerprint density at radius 1 is 0.541 bits per heavy atom. The molecule has 0 spiro atoms. The molecular formula is C26H49N5O6. The third-order valence-electron chi connectivity index (χ3n) is 6.00. The van der Waals surface area contributed by atoms with Crippen LogP contribution in [0, 0.1) is 5.92 Å². The van der Waals surface area contributed by atoms with Gasteiger partial charge in [-0.1, -0.05) is 13.8 Å². The van der Waals surface area contributed by atoms with Gasteiger partial charge in [0.05, 0.1) is 5.54 Å². The van der Waals surface area contributed by atoms with Crippen molar-refractivity contribution in [2.45, 2.75) is 130 Å². The van der Waals surface area contributed by atoms with Gasteiger partial charge >= 0.3 is 5.97 Å². The lowest BCUT2D eigenvalue weighted by atomic mass is 9.87. The van der Waals surface area contributed by atoms with Crippen LogP contribution in [0.2, 0.25) is 0 Å². The van der Waals surface area contributed by atoms with E-state index in [1.54, 1.807) is 41.5 Å². The highest BCUT2D eigenvalue weighted by Gasteiger charge is 2.44. The van der Waals surface area contributed by atoms with Crippen molar-refractivity contribution in [3.05, 3.63) is 0 Å². The number of hydrogen-bond acceptors (Lipinski definition) is 7. The molecule has 11 nitrogen and oxygen atoms in total. The number of amides is 4. The number of nitrogens with one attached hydrogen (secondary N) is 4. The largest absolute Gasteiger partial charge is 0.458 e. The van der Waals surface area contributed by atoms with Crippen molar-refractivity contribution in [3.8, 4) is 0 Å². The minimum Gasteiger partial charge on any atom is -0.458 e. The summed E-state index contributed by atoms with van der Waals surface area (Å²) < 4.78 is 5.36. The van der Waals surface area contributed by atoms with Crippen LogP contribution in [0.25, 0.3) is 0 Å². The van der Waals surface area contributed by atoms with E-state index in [2.05, 4.69) is 21.3 Å². The molecule has 6 N–H and O–H groups in total. The number of hydrogen-bond donors (Lipinski definition) is 5. The summed E-state index contributed by atoms with van der Waals surface area (Å²) in [4.78, 5) is 64.3. The second-order valence-corrected chi connectivity index (χ2v) is 13.3. The van der Waals surface area contributed by atoms with E-state index >= 15 is 0 Å². The fourth-order valence-electron chi connectivity index (χ4n) is 2.63. The Bertz CT molecular complexity index is 911. The fraction of sp³-hybridized carbons (Fsp3) is 0.808. The van der Waals surface area contributed by atoms with Crippen LogP contribution >= 0.6 is 0 Å². The number of carbonyl (C=O) groups is 5. The topological polar surface area (TPSA) is 169 Å². The number of nitrogens with two attached hydrogens (primary N) is 1. The number of ether oxygens (including phenoxy) is 1. The van der Waals surface area contributed by atoms with E-state index in [4.69, 9.17) is 10.5 Å². The zero-order chi connectivity index (χ0) is 30.0. The first kappa shape index (κ1) is 34.3. The number of rotatable bonds is 10. The Morgan fingerprint density at radius 2 is 0.811 bits per heavy atom. The van der Waals surface area contributed by atoms with E-state index in [1.807, 2.05) is 0 Å². The maximum absolute atomic E-state index is 13.1. The molecule has 0 aromatic carbocycles. The smallest absolute Gasteiger partial charge is 0.331 e. The molecule has 37 heavy (non-hydrogen) atoms. The molecule has 0 aliphatic rings. The molecule has 0 saturated carbocycles. The van der Waals surface area contributed by atoms with Crippen LogP contribution in [0.4, 0.5) is 0 Å². The zero-order valence-electron chi connectivity index (χ0n) is 25.1. The van der Waals surface area contributed by atoms with Crippen molar-refractivity contribution in [1.82, 2.24) is 21.3 Å². The lowest BCUT2D eigenvalue weighted by Gasteiger charge is -2.37. The predicted octanol–water partition coefficient (Wildman–Crippen LogP) is 1.28. The Hall–Kier alpha value is -2.69. The molecule has 0 radical (unpaired) electrons. The highest BCUT2D eigenvalue weighted by Crippen LogP contribution is 2.18. The first-order valence-corrected chi connectivity index (χ1v) is 12.4. The van der Waals surface area contributed by atoms with Gasteiger partial charge in [0.1, 0.15) is 27.8 Å². The first-order chi connectivity index (χ1) is 16.1. The molecule has 0 rings (SSSR count). The lowest BCUT2D eigenvalue weighted by Crippen LogP contribution is -2.68. The van der Waals surface area contributed by atoms with Gasteiger partial charge in [-0.05, 0) is 89.0 Å². The van der Waals surface area contributed by atoms with Crippen molar-refractivity contribution in [1.29, 1.82) is 0 Å². The highest BCUT2D eigenvalue weighted by molar-refractivity contribution is 6.00. The molecule has 0 fully saturated rings. The molecule has 0 heterocycles. The van der Waals surface area contributed by atoms with E-state index in [-0.39, 0.29) is 5.92 Å². The number of carbonyl (C=O) groups excluding carboxylic acids is 5. The SMILES string of the molecule is CC(C)[C@](C)(N)C(=O)NC(C)(C)C(=O)NC(C)(C)C(=O)NC(C)(C)C(=O)NC(C)(C)C(=O)OC(C)(C)C. The van der Waals surface area contributed by atoms with Gasteiger partial charge in [-0.2, -0.15) is 0 Å². The van der Waals surface area contributed by atoms with Gasteiger partial charge in [-0.3, -0.25) is 19.2 Å². The fourth-order valence-corrected chi connectivity index (χ4v) is 2.63. The number of esters is 1. The molecule has 0 unspecified atom stereocenters. The summed E-state index contributed by atoms with van der Waals surface area (Å²) in [6, 6.07) is 0. The van der Waals surface area contributed by atoms with Gasteiger partial charge in [0.25, 0.3) is 0 Å². The van der Waals surface area contributed by atoms with Crippen LogP contribution in [-0.2, 0) is 28.7 Å². The summed E-state index contributed by atoms with van der Waals surface area (Å²) in [6.07, 6.45) is 0. The van der Waals surface area contributed by atoms with Crippen molar-refractivity contribution in [3.63, 3.8) is 0 Å². The molecule has 0 aliphatic carbocycles. The molecule has 1 atom stereocenters. The standard InChI is InChI=1S/C26H49N5O6/c1-15(2)26(14,27)19(35)31-24(10,11)17(33)29-22(6,7)16(32)28-23(8,9)18(34)30-25(12,13)20(36)37-21(3,4)5/h15H,27H2,1-14H3,(H,28,32)(H,29,33)(H,30,34)(H,31,35)/t26-/m0/s1. The van der Waals surface area contributed by atoms with Gasteiger partial charge in [-0.25, -0.2) is 4.79 Å². The van der Waals surface area contributed by atoms with Crippen LogP contribution in [-0.4, -0.2) is 62.9 Å². The van der Waals surface area contributed by atoms with E-state index in [9.17, 15) is 24.0 Å². The maximum Gasteiger partial charge on any atom is 0.331 e. The summed E-state index contributed by atoms with van der Waals surface area (Å²) in [6.45, 7) is 22.2. The summed E-state index contributed by atoms with van der Waals surface area (Å²) in [5.74, 6) is -3.20. The van der Waals surface area contributed by atoms with Crippen LogP contribution in [0.1, 0.15) is 96.9 Å². The maximum atomic E-state index is 13.1. The minimum atomic E-state index is -1.46. The monoisotopic (exact) mass is 527 g/mol. The van der Waals surface area contributed by atoms with E-state index in [0.29, 0.717) is 0 Å². The van der Waals surface area contributed by atoms with Gasteiger partial charge in [0.2, 0.25) is 23.6 Å². The Labute approximate surface area is 221 Å². The molecule has 0 aromatic heterocycles. The average Bonchev–Trinajstić information content (AvgIpc) is 2.64. The second kappa shape index (κ2) is 11.0. The van der Waals surface area contributed by atoms with Crippen LogP contribution < -0.4 is 27.0 Å². The molecule has 0 aromatic rings. The van der Waals surface area contributed by atoms with Crippen molar-refractivity contribution >= 4 is 29.6 Å². The first-order valence-electron chi connectivity index (χ1n) is 12.4. The van der Waals surface area contributed by atoms with Gasteiger partial charge in [0, 0.05) is 0 Å². The predicted molar refractivity (Wildman–Crippen MR) is 142 cm³/mol. The van der Waals surface area contributed by atoms with Crippen molar-refractivity contribution < 1.29 is 28.7 Å². The summed E-state index contributed by atoms with van der Waals surface area (Å²) >= 11 is 0. The van der Waals surface area contributed by atoms with Gasteiger partial charge in [0.15, 0.2) is 0 Å².